The first-order valence-electron chi connectivity index (χ1n) is 7.98. The number of benzene rings is 1. The van der Waals surface area contributed by atoms with Crippen LogP contribution in [0.2, 0.25) is 0 Å². The molecule has 2 fully saturated rings. The zero-order valence-electron chi connectivity index (χ0n) is 12.3. The zero-order valence-corrected chi connectivity index (χ0v) is 12.3. The molecule has 4 heteroatoms. The fourth-order valence-electron chi connectivity index (χ4n) is 3.66. The summed E-state index contributed by atoms with van der Waals surface area (Å²) in [6, 6.07) is 4.52. The van der Waals surface area contributed by atoms with Gasteiger partial charge in [0, 0.05) is 19.2 Å². The van der Waals surface area contributed by atoms with Gasteiger partial charge in [-0.3, -0.25) is 0 Å². The maximum Gasteiger partial charge on any atom is 0.159 e. The van der Waals surface area contributed by atoms with Gasteiger partial charge in [-0.15, -0.1) is 0 Å². The van der Waals surface area contributed by atoms with E-state index in [1.807, 2.05) is 0 Å². The van der Waals surface area contributed by atoms with Gasteiger partial charge in [-0.25, -0.2) is 8.78 Å². The van der Waals surface area contributed by atoms with Gasteiger partial charge in [-0.1, -0.05) is 25.3 Å². The molecule has 0 bridgehead atoms. The Kier molecular flexibility index (Phi) is 4.55. The van der Waals surface area contributed by atoms with Gasteiger partial charge in [0.25, 0.3) is 0 Å². The first-order chi connectivity index (χ1) is 10.2. The highest BCUT2D eigenvalue weighted by atomic mass is 19.2. The molecule has 1 N–H and O–H groups in total. The quantitative estimate of drug-likeness (QED) is 0.912. The molecule has 1 saturated heterocycles. The van der Waals surface area contributed by atoms with E-state index in [0.717, 1.165) is 37.9 Å². The Hall–Kier alpha value is -1.00. The van der Waals surface area contributed by atoms with E-state index in [1.165, 1.54) is 31.4 Å². The van der Waals surface area contributed by atoms with Crippen LogP contribution in [0.4, 0.5) is 8.78 Å². The Morgan fingerprint density at radius 2 is 1.95 bits per heavy atom. The predicted molar refractivity (Wildman–Crippen MR) is 78.0 cm³/mol. The molecular weight excluding hydrogens is 272 g/mol. The maximum atomic E-state index is 13.2. The number of nitrogens with one attached hydrogen (secondary N) is 1. The number of rotatable bonds is 3. The van der Waals surface area contributed by atoms with E-state index < -0.39 is 11.6 Å². The van der Waals surface area contributed by atoms with Crippen LogP contribution in [-0.2, 0) is 11.3 Å². The number of hydrogen-bond acceptors (Lipinski definition) is 2. The van der Waals surface area contributed by atoms with E-state index in [2.05, 4.69) is 5.32 Å². The van der Waals surface area contributed by atoms with Crippen molar-refractivity contribution in [2.24, 2.45) is 0 Å². The molecule has 1 aromatic carbocycles. The predicted octanol–water partition coefficient (Wildman–Crippen LogP) is 3.94. The largest absolute Gasteiger partial charge is 0.375 e. The van der Waals surface area contributed by atoms with Crippen molar-refractivity contribution in [2.75, 3.05) is 6.61 Å². The van der Waals surface area contributed by atoms with E-state index in [4.69, 9.17) is 4.74 Å². The van der Waals surface area contributed by atoms with Crippen LogP contribution in [0, 0.1) is 11.6 Å². The van der Waals surface area contributed by atoms with E-state index in [0.29, 0.717) is 12.6 Å². The van der Waals surface area contributed by atoms with Crippen molar-refractivity contribution in [3.05, 3.63) is 35.4 Å². The summed E-state index contributed by atoms with van der Waals surface area (Å²) in [6.45, 7) is 1.38. The summed E-state index contributed by atoms with van der Waals surface area (Å²) in [5.74, 6) is -1.56. The molecular formula is C17H23F2NO. The van der Waals surface area contributed by atoms with E-state index in [9.17, 15) is 8.78 Å². The van der Waals surface area contributed by atoms with Crippen molar-refractivity contribution in [2.45, 2.75) is 63.1 Å². The summed E-state index contributed by atoms with van der Waals surface area (Å²) in [5.41, 5.74) is 0.862. The summed E-state index contributed by atoms with van der Waals surface area (Å²) < 4.78 is 32.2. The van der Waals surface area contributed by atoms with Crippen molar-refractivity contribution >= 4 is 0 Å². The van der Waals surface area contributed by atoms with E-state index in [1.54, 1.807) is 6.07 Å². The molecule has 116 valence electrons. The van der Waals surface area contributed by atoms with E-state index in [-0.39, 0.29) is 5.60 Å². The van der Waals surface area contributed by atoms with Crippen LogP contribution in [-0.4, -0.2) is 18.2 Å². The van der Waals surface area contributed by atoms with Gasteiger partial charge >= 0.3 is 0 Å². The summed E-state index contributed by atoms with van der Waals surface area (Å²) in [5, 5.41) is 3.49. The molecule has 2 aliphatic rings. The van der Waals surface area contributed by atoms with Gasteiger partial charge in [-0.05, 0) is 43.4 Å². The molecule has 0 aromatic heterocycles. The van der Waals surface area contributed by atoms with Gasteiger partial charge < -0.3 is 10.1 Å². The Morgan fingerprint density at radius 1 is 1.14 bits per heavy atom. The zero-order chi connectivity index (χ0) is 14.7. The van der Waals surface area contributed by atoms with Crippen LogP contribution in [0.15, 0.2) is 18.2 Å². The highest BCUT2D eigenvalue weighted by Gasteiger charge is 2.38. The molecule has 2 nitrogen and oxygen atoms in total. The molecule has 3 rings (SSSR count). The summed E-state index contributed by atoms with van der Waals surface area (Å²) >= 11 is 0. The first-order valence-corrected chi connectivity index (χ1v) is 7.98. The molecule has 1 saturated carbocycles. The monoisotopic (exact) mass is 295 g/mol. The topological polar surface area (TPSA) is 21.3 Å². The molecule has 1 aromatic rings. The third kappa shape index (κ3) is 3.61. The Labute approximate surface area is 124 Å². The average molecular weight is 295 g/mol. The number of hydrogen-bond donors (Lipinski definition) is 1. The second-order valence-corrected chi connectivity index (χ2v) is 6.41. The molecule has 1 heterocycles. The van der Waals surface area contributed by atoms with Crippen LogP contribution in [0.3, 0.4) is 0 Å². The SMILES string of the molecule is Fc1ccc(CNC2CCOC3(CCCCC3)C2)cc1F. The first kappa shape index (κ1) is 14.9. The third-order valence-corrected chi connectivity index (χ3v) is 4.84. The minimum absolute atomic E-state index is 0.0716. The van der Waals surface area contributed by atoms with Gasteiger partial charge in [0.1, 0.15) is 0 Å². The second-order valence-electron chi connectivity index (χ2n) is 6.41. The van der Waals surface area contributed by atoms with Crippen molar-refractivity contribution in [1.82, 2.24) is 5.32 Å². The van der Waals surface area contributed by atoms with Crippen LogP contribution in [0.5, 0.6) is 0 Å². The molecule has 1 aliphatic carbocycles. The summed E-state index contributed by atoms with van der Waals surface area (Å²) in [7, 11) is 0. The Morgan fingerprint density at radius 3 is 2.71 bits per heavy atom. The Bertz CT molecular complexity index is 480. The summed E-state index contributed by atoms with van der Waals surface area (Å²) in [4.78, 5) is 0. The molecule has 1 atom stereocenters. The molecule has 1 spiro atoms. The number of ether oxygens (including phenoxy) is 1. The highest BCUT2D eigenvalue weighted by Crippen LogP contribution is 2.38. The number of halogens is 2. The molecule has 1 aliphatic heterocycles. The lowest BCUT2D eigenvalue weighted by Gasteiger charge is -2.43. The standard InChI is InChI=1S/C17H23F2NO/c18-15-5-4-13(10-16(15)19)12-20-14-6-9-21-17(11-14)7-2-1-3-8-17/h4-5,10,14,20H,1-3,6-9,11-12H2. The van der Waals surface area contributed by atoms with Crippen molar-refractivity contribution < 1.29 is 13.5 Å². The van der Waals surface area contributed by atoms with Gasteiger partial charge in [0.05, 0.1) is 5.60 Å². The van der Waals surface area contributed by atoms with Gasteiger partial charge in [0.2, 0.25) is 0 Å². The highest BCUT2D eigenvalue weighted by molar-refractivity contribution is 5.17. The van der Waals surface area contributed by atoms with Gasteiger partial charge in [-0.2, -0.15) is 0 Å². The molecule has 21 heavy (non-hydrogen) atoms. The lowest BCUT2D eigenvalue weighted by Crippen LogP contribution is -2.47. The molecule has 1 unspecified atom stereocenters. The van der Waals surface area contributed by atoms with E-state index >= 15 is 0 Å². The molecule has 0 amide bonds. The lowest BCUT2D eigenvalue weighted by molar-refractivity contribution is -0.109. The normalized spacial score (nSPS) is 25.1. The van der Waals surface area contributed by atoms with Crippen LogP contribution < -0.4 is 5.32 Å². The lowest BCUT2D eigenvalue weighted by atomic mass is 9.78. The fourth-order valence-corrected chi connectivity index (χ4v) is 3.66. The maximum absolute atomic E-state index is 13.2. The molecule has 0 radical (unpaired) electrons. The average Bonchev–Trinajstić information content (AvgIpc) is 2.49. The van der Waals surface area contributed by atoms with Crippen LogP contribution in [0.25, 0.3) is 0 Å². The summed E-state index contributed by atoms with van der Waals surface area (Å²) in [6.07, 6.45) is 8.19. The second kappa shape index (κ2) is 6.41. The minimum atomic E-state index is -0.786. The van der Waals surface area contributed by atoms with Crippen LogP contribution >= 0.6 is 0 Å². The van der Waals surface area contributed by atoms with Crippen molar-refractivity contribution in [3.63, 3.8) is 0 Å². The van der Waals surface area contributed by atoms with Crippen LogP contribution in [0.1, 0.15) is 50.5 Å². The van der Waals surface area contributed by atoms with Crippen molar-refractivity contribution in [1.29, 1.82) is 0 Å². The smallest absolute Gasteiger partial charge is 0.159 e. The van der Waals surface area contributed by atoms with Gasteiger partial charge in [0.15, 0.2) is 11.6 Å². The third-order valence-electron chi connectivity index (χ3n) is 4.84. The minimum Gasteiger partial charge on any atom is -0.375 e. The Balaban J connectivity index is 1.56. The fraction of sp³-hybridized carbons (Fsp3) is 0.647. The van der Waals surface area contributed by atoms with Crippen molar-refractivity contribution in [3.8, 4) is 0 Å².